The summed E-state index contributed by atoms with van der Waals surface area (Å²) >= 11 is 0. The van der Waals surface area contributed by atoms with Gasteiger partial charge in [-0.3, -0.25) is 43.6 Å². The molecule has 1 aliphatic heterocycles. The van der Waals surface area contributed by atoms with Crippen molar-refractivity contribution in [2.45, 2.75) is 31.7 Å². The van der Waals surface area contributed by atoms with Gasteiger partial charge in [-0.15, -0.1) is 0 Å². The third-order valence-electron chi connectivity index (χ3n) is 5.74. The van der Waals surface area contributed by atoms with E-state index in [0.29, 0.717) is 45.6 Å². The van der Waals surface area contributed by atoms with E-state index in [1.54, 1.807) is 19.6 Å². The molecule has 1 unspecified atom stereocenters. The number of carboxylic acid groups (broad SMARTS) is 5. The molecule has 1 heterocycles. The van der Waals surface area contributed by atoms with Gasteiger partial charge >= 0.3 is 29.8 Å². The topological polar surface area (TPSA) is 199 Å². The van der Waals surface area contributed by atoms with Gasteiger partial charge in [0.05, 0.1) is 19.6 Å². The molecule has 1 saturated heterocycles. The monoisotopic (exact) mass is 504 g/mol. The summed E-state index contributed by atoms with van der Waals surface area (Å²) < 4.78 is 0. The minimum Gasteiger partial charge on any atom is -0.481 e. The molecule has 0 aromatic carbocycles. The summed E-state index contributed by atoms with van der Waals surface area (Å²) in [5.41, 5.74) is 0. The molecule has 0 aliphatic carbocycles. The molecule has 0 spiro atoms. The molecule has 0 saturated carbocycles. The lowest BCUT2D eigenvalue weighted by Gasteiger charge is -2.33. The summed E-state index contributed by atoms with van der Waals surface area (Å²) in [6.45, 7) is 1.50. The zero-order valence-corrected chi connectivity index (χ0v) is 19.8. The normalized spacial score (nSPS) is 19.4. The highest BCUT2D eigenvalue weighted by molar-refractivity contribution is 5.75. The molecule has 14 heteroatoms. The average molecular weight is 505 g/mol. The van der Waals surface area contributed by atoms with Gasteiger partial charge in [0, 0.05) is 58.8 Å². The van der Waals surface area contributed by atoms with Gasteiger partial charge in [0.25, 0.3) is 0 Å². The number of rotatable bonds is 11. The highest BCUT2D eigenvalue weighted by Crippen LogP contribution is 2.11. The summed E-state index contributed by atoms with van der Waals surface area (Å²) in [6, 6.07) is -1.08. The lowest BCUT2D eigenvalue weighted by atomic mass is 10.1. The SMILES string of the molecule is O=C(O)CCC(C(=O)O)N1CCCN(CC(=O)O)CCN(CC(=O)O)CCCN(CC(=O)O)CC1. The van der Waals surface area contributed by atoms with Gasteiger partial charge < -0.3 is 25.5 Å². The van der Waals surface area contributed by atoms with Crippen molar-refractivity contribution < 1.29 is 49.5 Å². The Hall–Kier alpha value is -2.81. The van der Waals surface area contributed by atoms with E-state index >= 15 is 0 Å². The molecule has 0 bridgehead atoms. The molecular formula is C21H36N4O10. The highest BCUT2D eigenvalue weighted by atomic mass is 16.4. The zero-order chi connectivity index (χ0) is 26.4. The maximum Gasteiger partial charge on any atom is 0.320 e. The fourth-order valence-electron chi connectivity index (χ4n) is 4.10. The summed E-state index contributed by atoms with van der Waals surface area (Å²) in [5.74, 6) is -5.41. The van der Waals surface area contributed by atoms with Crippen molar-refractivity contribution in [3.63, 3.8) is 0 Å². The van der Waals surface area contributed by atoms with E-state index in [1.807, 2.05) is 0 Å². The van der Waals surface area contributed by atoms with E-state index in [4.69, 9.17) is 5.11 Å². The van der Waals surface area contributed by atoms with Crippen molar-refractivity contribution in [1.82, 2.24) is 19.6 Å². The lowest BCUT2D eigenvalue weighted by Crippen LogP contribution is -2.48. The van der Waals surface area contributed by atoms with Crippen molar-refractivity contribution in [2.75, 3.05) is 72.0 Å². The Morgan fingerprint density at radius 2 is 0.943 bits per heavy atom. The van der Waals surface area contributed by atoms with Gasteiger partial charge in [-0.1, -0.05) is 0 Å². The number of carboxylic acids is 5. The Bertz CT molecular complexity index is 735. The Kier molecular flexibility index (Phi) is 13.8. The molecule has 0 radical (unpaired) electrons. The smallest absolute Gasteiger partial charge is 0.320 e. The third-order valence-corrected chi connectivity index (χ3v) is 5.74. The van der Waals surface area contributed by atoms with Crippen molar-refractivity contribution >= 4 is 29.8 Å². The number of carbonyl (C=O) groups is 5. The van der Waals surface area contributed by atoms with Crippen molar-refractivity contribution in [2.24, 2.45) is 0 Å². The summed E-state index contributed by atoms with van der Waals surface area (Å²) in [6.07, 6.45) is 0.395. The maximum atomic E-state index is 11.9. The first-order valence-corrected chi connectivity index (χ1v) is 11.5. The van der Waals surface area contributed by atoms with Crippen LogP contribution < -0.4 is 0 Å². The van der Waals surface area contributed by atoms with Crippen LogP contribution in [0.2, 0.25) is 0 Å². The van der Waals surface area contributed by atoms with Crippen LogP contribution >= 0.6 is 0 Å². The van der Waals surface area contributed by atoms with E-state index in [9.17, 15) is 44.4 Å². The Morgan fingerprint density at radius 3 is 1.31 bits per heavy atom. The van der Waals surface area contributed by atoms with Crippen LogP contribution in [-0.4, -0.2) is 153 Å². The maximum absolute atomic E-state index is 11.9. The second-order valence-electron chi connectivity index (χ2n) is 8.54. The largest absolute Gasteiger partial charge is 0.481 e. The van der Waals surface area contributed by atoms with Gasteiger partial charge in [-0.05, 0) is 19.3 Å². The van der Waals surface area contributed by atoms with Gasteiger partial charge in [0.2, 0.25) is 0 Å². The number of hydrogen-bond acceptors (Lipinski definition) is 9. The molecule has 200 valence electrons. The Morgan fingerprint density at radius 1 is 0.543 bits per heavy atom. The minimum absolute atomic E-state index is 0.118. The second-order valence-corrected chi connectivity index (χ2v) is 8.54. The molecular weight excluding hydrogens is 468 g/mol. The Balaban J connectivity index is 3.08. The van der Waals surface area contributed by atoms with Crippen LogP contribution in [0.15, 0.2) is 0 Å². The molecule has 35 heavy (non-hydrogen) atoms. The van der Waals surface area contributed by atoms with Crippen molar-refractivity contribution in [1.29, 1.82) is 0 Å². The van der Waals surface area contributed by atoms with Crippen molar-refractivity contribution in [3.05, 3.63) is 0 Å². The van der Waals surface area contributed by atoms with Crippen LogP contribution in [0.25, 0.3) is 0 Å². The quantitative estimate of drug-likeness (QED) is 0.219. The van der Waals surface area contributed by atoms with Crippen LogP contribution in [0.1, 0.15) is 25.7 Å². The standard InChI is InChI=1S/C21H36N4O10/c26-17(27)4-3-16(21(34)35)25-8-2-7-23(14-19(30)31)10-9-22(13-18(28)29)5-1-6-24(11-12-25)15-20(32)33/h16H,1-15H2,(H,26,27)(H,28,29)(H,30,31)(H,32,33)(H,34,35). The van der Waals surface area contributed by atoms with E-state index < -0.39 is 35.9 Å². The van der Waals surface area contributed by atoms with Crippen LogP contribution in [0.3, 0.4) is 0 Å². The second kappa shape index (κ2) is 16.0. The molecule has 0 aromatic rings. The highest BCUT2D eigenvalue weighted by Gasteiger charge is 2.27. The Labute approximate surface area is 203 Å². The molecule has 0 amide bonds. The fraction of sp³-hybridized carbons (Fsp3) is 0.762. The zero-order valence-electron chi connectivity index (χ0n) is 19.8. The molecule has 5 N–H and O–H groups in total. The summed E-state index contributed by atoms with van der Waals surface area (Å²) in [5, 5.41) is 46.4. The van der Waals surface area contributed by atoms with Crippen LogP contribution in [0.4, 0.5) is 0 Å². The number of aliphatic carboxylic acids is 5. The molecule has 1 fully saturated rings. The molecule has 14 nitrogen and oxygen atoms in total. The van der Waals surface area contributed by atoms with Crippen molar-refractivity contribution in [3.8, 4) is 0 Å². The first-order valence-electron chi connectivity index (χ1n) is 11.5. The predicted octanol–water partition coefficient (Wildman–Crippen LogP) is -1.44. The van der Waals surface area contributed by atoms with Gasteiger partial charge in [-0.25, -0.2) is 0 Å². The van der Waals surface area contributed by atoms with E-state index in [-0.39, 0.29) is 52.1 Å². The van der Waals surface area contributed by atoms with E-state index in [2.05, 4.69) is 0 Å². The van der Waals surface area contributed by atoms with Gasteiger partial charge in [0.1, 0.15) is 6.04 Å². The predicted molar refractivity (Wildman–Crippen MR) is 121 cm³/mol. The van der Waals surface area contributed by atoms with Gasteiger partial charge in [0.15, 0.2) is 0 Å². The van der Waals surface area contributed by atoms with Crippen LogP contribution in [0, 0.1) is 0 Å². The van der Waals surface area contributed by atoms with E-state index in [1.165, 1.54) is 0 Å². The van der Waals surface area contributed by atoms with Crippen LogP contribution in [-0.2, 0) is 24.0 Å². The first-order chi connectivity index (χ1) is 16.5. The molecule has 1 rings (SSSR count). The molecule has 0 aromatic heterocycles. The third kappa shape index (κ3) is 13.6. The minimum atomic E-state index is -1.18. The average Bonchev–Trinajstić information content (AvgIpc) is 2.72. The molecule has 1 aliphatic rings. The number of hydrogen-bond donors (Lipinski definition) is 5. The fourth-order valence-corrected chi connectivity index (χ4v) is 4.10. The van der Waals surface area contributed by atoms with Gasteiger partial charge in [-0.2, -0.15) is 0 Å². The number of nitrogens with zero attached hydrogens (tertiary/aromatic N) is 4. The lowest BCUT2D eigenvalue weighted by molar-refractivity contribution is -0.145. The van der Waals surface area contributed by atoms with E-state index in [0.717, 1.165) is 0 Å². The summed E-state index contributed by atoms with van der Waals surface area (Å²) in [7, 11) is 0. The first kappa shape index (κ1) is 30.2. The molecule has 1 atom stereocenters. The van der Waals surface area contributed by atoms with Crippen LogP contribution in [0.5, 0.6) is 0 Å². The summed E-state index contributed by atoms with van der Waals surface area (Å²) in [4.78, 5) is 63.4.